The maximum atomic E-state index is 11.0. The van der Waals surface area contributed by atoms with Crippen molar-refractivity contribution in [3.05, 3.63) is 60.5 Å². The van der Waals surface area contributed by atoms with Crippen molar-refractivity contribution in [2.24, 2.45) is 5.73 Å². The van der Waals surface area contributed by atoms with E-state index in [4.69, 9.17) is 14.8 Å². The van der Waals surface area contributed by atoms with E-state index in [0.29, 0.717) is 23.1 Å². The van der Waals surface area contributed by atoms with E-state index in [-0.39, 0.29) is 12.4 Å². The number of amides is 1. The SMILES string of the molecule is NC(=O)c1nc(Cn2ccnc2-c2cc(-c3ccccc3)no2)no1. The van der Waals surface area contributed by atoms with Crippen molar-refractivity contribution in [2.75, 3.05) is 0 Å². The van der Waals surface area contributed by atoms with E-state index in [1.807, 2.05) is 30.3 Å². The van der Waals surface area contributed by atoms with Crippen LogP contribution in [0.3, 0.4) is 0 Å². The molecule has 0 radical (unpaired) electrons. The molecule has 0 aliphatic carbocycles. The summed E-state index contributed by atoms with van der Waals surface area (Å²) in [5, 5.41) is 7.80. The number of carbonyl (C=O) groups excluding carboxylic acids is 1. The van der Waals surface area contributed by atoms with Gasteiger partial charge in [0.2, 0.25) is 5.76 Å². The van der Waals surface area contributed by atoms with Crippen molar-refractivity contribution in [1.29, 1.82) is 0 Å². The molecule has 2 N–H and O–H groups in total. The Morgan fingerprint density at radius 3 is 2.76 bits per heavy atom. The van der Waals surface area contributed by atoms with Crippen molar-refractivity contribution >= 4 is 5.91 Å². The summed E-state index contributed by atoms with van der Waals surface area (Å²) in [5.74, 6) is 0.355. The van der Waals surface area contributed by atoms with Crippen LogP contribution in [0, 0.1) is 0 Å². The quantitative estimate of drug-likeness (QED) is 0.588. The number of hydrogen-bond acceptors (Lipinski definition) is 7. The maximum Gasteiger partial charge on any atom is 0.315 e. The molecule has 0 spiro atoms. The summed E-state index contributed by atoms with van der Waals surface area (Å²) in [6.07, 6.45) is 3.36. The zero-order valence-electron chi connectivity index (χ0n) is 12.9. The van der Waals surface area contributed by atoms with Gasteiger partial charge in [0.1, 0.15) is 5.69 Å². The van der Waals surface area contributed by atoms with E-state index in [1.165, 1.54) is 0 Å². The predicted octanol–water partition coefficient (Wildman–Crippen LogP) is 1.74. The van der Waals surface area contributed by atoms with Gasteiger partial charge < -0.3 is 19.3 Å². The average Bonchev–Trinajstić information content (AvgIpc) is 3.36. The molecule has 0 unspecified atom stereocenters. The van der Waals surface area contributed by atoms with Crippen LogP contribution in [0.1, 0.15) is 16.5 Å². The van der Waals surface area contributed by atoms with E-state index in [0.717, 1.165) is 5.56 Å². The molecule has 9 heteroatoms. The van der Waals surface area contributed by atoms with Gasteiger partial charge in [-0.2, -0.15) is 4.98 Å². The van der Waals surface area contributed by atoms with Crippen molar-refractivity contribution in [1.82, 2.24) is 24.8 Å². The van der Waals surface area contributed by atoms with Crippen LogP contribution in [0.4, 0.5) is 0 Å². The molecular formula is C16H12N6O3. The number of rotatable bonds is 5. The van der Waals surface area contributed by atoms with Crippen LogP contribution in [0.5, 0.6) is 0 Å². The summed E-state index contributed by atoms with van der Waals surface area (Å²) in [5.41, 5.74) is 6.76. The fourth-order valence-corrected chi connectivity index (χ4v) is 2.36. The summed E-state index contributed by atoms with van der Waals surface area (Å²) < 4.78 is 11.9. The zero-order valence-corrected chi connectivity index (χ0v) is 12.9. The fraction of sp³-hybridized carbons (Fsp3) is 0.0625. The Morgan fingerprint density at radius 2 is 2.00 bits per heavy atom. The first-order chi connectivity index (χ1) is 12.2. The number of primary amides is 1. The molecule has 3 heterocycles. The van der Waals surface area contributed by atoms with Gasteiger partial charge >= 0.3 is 11.8 Å². The molecule has 124 valence electrons. The van der Waals surface area contributed by atoms with E-state index in [9.17, 15) is 4.79 Å². The number of nitrogens with two attached hydrogens (primary N) is 1. The average molecular weight is 336 g/mol. The number of nitrogens with zero attached hydrogens (tertiary/aromatic N) is 5. The monoisotopic (exact) mass is 336 g/mol. The topological polar surface area (TPSA) is 126 Å². The molecule has 1 amide bonds. The van der Waals surface area contributed by atoms with Gasteiger partial charge in [-0.1, -0.05) is 40.6 Å². The van der Waals surface area contributed by atoms with Crippen LogP contribution in [0.15, 0.2) is 57.8 Å². The zero-order chi connectivity index (χ0) is 17.2. The molecular weight excluding hydrogens is 324 g/mol. The molecule has 4 aromatic rings. The highest BCUT2D eigenvalue weighted by atomic mass is 16.5. The van der Waals surface area contributed by atoms with E-state index in [1.54, 1.807) is 23.0 Å². The van der Waals surface area contributed by atoms with E-state index < -0.39 is 5.91 Å². The number of aromatic nitrogens is 5. The van der Waals surface area contributed by atoms with Crippen LogP contribution in [0.2, 0.25) is 0 Å². The Bertz CT molecular complexity index is 1020. The van der Waals surface area contributed by atoms with Gasteiger partial charge in [0.25, 0.3) is 0 Å². The molecule has 0 atom stereocenters. The van der Waals surface area contributed by atoms with Crippen LogP contribution in [-0.2, 0) is 6.54 Å². The molecule has 0 aliphatic rings. The second kappa shape index (κ2) is 6.04. The summed E-state index contributed by atoms with van der Waals surface area (Å²) in [7, 11) is 0. The van der Waals surface area contributed by atoms with Gasteiger partial charge in [-0.3, -0.25) is 4.79 Å². The summed E-state index contributed by atoms with van der Waals surface area (Å²) >= 11 is 0. The van der Waals surface area contributed by atoms with Crippen LogP contribution in [-0.4, -0.2) is 30.8 Å². The van der Waals surface area contributed by atoms with Crippen molar-refractivity contribution < 1.29 is 13.8 Å². The van der Waals surface area contributed by atoms with Crippen LogP contribution >= 0.6 is 0 Å². The van der Waals surface area contributed by atoms with Crippen molar-refractivity contribution in [3.63, 3.8) is 0 Å². The largest absolute Gasteiger partial charge is 0.361 e. The second-order valence-corrected chi connectivity index (χ2v) is 5.20. The van der Waals surface area contributed by atoms with Gasteiger partial charge in [-0.25, -0.2) is 4.98 Å². The van der Waals surface area contributed by atoms with Gasteiger partial charge in [0, 0.05) is 24.0 Å². The third-order valence-corrected chi connectivity index (χ3v) is 3.51. The Morgan fingerprint density at radius 1 is 1.16 bits per heavy atom. The lowest BCUT2D eigenvalue weighted by Gasteiger charge is -2.01. The lowest BCUT2D eigenvalue weighted by Crippen LogP contribution is -2.11. The highest BCUT2D eigenvalue weighted by Crippen LogP contribution is 2.25. The molecule has 1 aromatic carbocycles. The number of hydrogen-bond donors (Lipinski definition) is 1. The van der Waals surface area contributed by atoms with Crippen LogP contribution in [0.25, 0.3) is 22.8 Å². The maximum absolute atomic E-state index is 11.0. The summed E-state index contributed by atoms with van der Waals surface area (Å²) in [6.45, 7) is 0.244. The van der Waals surface area contributed by atoms with Crippen molar-refractivity contribution in [3.8, 4) is 22.8 Å². The number of carbonyl (C=O) groups is 1. The minimum absolute atomic E-state index is 0.234. The highest BCUT2D eigenvalue weighted by molar-refractivity contribution is 5.87. The molecule has 3 aromatic heterocycles. The summed E-state index contributed by atoms with van der Waals surface area (Å²) in [4.78, 5) is 19.2. The van der Waals surface area contributed by atoms with Crippen molar-refractivity contribution in [2.45, 2.75) is 6.54 Å². The molecule has 9 nitrogen and oxygen atoms in total. The smallest absolute Gasteiger partial charge is 0.315 e. The second-order valence-electron chi connectivity index (χ2n) is 5.20. The standard InChI is InChI=1S/C16H12N6O3/c17-14(23)16-19-13(21-25-16)9-22-7-6-18-15(22)12-8-11(20-24-12)10-4-2-1-3-5-10/h1-8H,9H2,(H2,17,23). The fourth-order valence-electron chi connectivity index (χ4n) is 2.36. The van der Waals surface area contributed by atoms with Gasteiger partial charge in [-0.15, -0.1) is 0 Å². The van der Waals surface area contributed by atoms with Gasteiger partial charge in [0.15, 0.2) is 11.6 Å². The lowest BCUT2D eigenvalue weighted by atomic mass is 10.1. The Hall–Kier alpha value is -3.75. The normalized spacial score (nSPS) is 10.9. The molecule has 0 aliphatic heterocycles. The Kier molecular flexibility index (Phi) is 3.58. The minimum Gasteiger partial charge on any atom is -0.361 e. The first-order valence-corrected chi connectivity index (χ1v) is 7.37. The Balaban J connectivity index is 1.61. The predicted molar refractivity (Wildman–Crippen MR) is 85.1 cm³/mol. The molecule has 0 bridgehead atoms. The molecule has 25 heavy (non-hydrogen) atoms. The third-order valence-electron chi connectivity index (χ3n) is 3.51. The lowest BCUT2D eigenvalue weighted by molar-refractivity contribution is 0.0958. The Labute approximate surface area is 141 Å². The third kappa shape index (κ3) is 2.90. The number of benzene rings is 1. The van der Waals surface area contributed by atoms with E-state index in [2.05, 4.69) is 20.3 Å². The van der Waals surface area contributed by atoms with Gasteiger partial charge in [0.05, 0.1) is 6.54 Å². The first kappa shape index (κ1) is 14.8. The molecule has 0 saturated carbocycles. The molecule has 0 saturated heterocycles. The van der Waals surface area contributed by atoms with E-state index >= 15 is 0 Å². The first-order valence-electron chi connectivity index (χ1n) is 7.37. The molecule has 0 fully saturated rings. The van der Waals surface area contributed by atoms with Crippen LogP contribution < -0.4 is 5.73 Å². The summed E-state index contributed by atoms with van der Waals surface area (Å²) in [6, 6.07) is 11.5. The molecule has 4 rings (SSSR count). The van der Waals surface area contributed by atoms with Gasteiger partial charge in [-0.05, 0) is 0 Å². The number of imidazole rings is 1. The highest BCUT2D eigenvalue weighted by Gasteiger charge is 2.16. The minimum atomic E-state index is -0.771.